The molecule has 2 N–H and O–H groups in total. The van der Waals surface area contributed by atoms with Crippen LogP contribution in [0.3, 0.4) is 0 Å². The van der Waals surface area contributed by atoms with Crippen molar-refractivity contribution < 1.29 is 24.2 Å². The molecule has 156 valence electrons. The standard InChI is InChI=1S/C22H26BrNO5/c1-15(2)29-20(21(25)26)13-17-4-3-5-18(12-17)14-24-22(27)28-11-10-16-6-8-19(23)9-7-16/h3-9,12,15,20H,10-11,13-14H2,1-2H3,(H,24,27)(H,25,26). The number of aliphatic carboxylic acids is 1. The molecule has 7 heteroatoms. The van der Waals surface area contributed by atoms with Gasteiger partial charge in [0.25, 0.3) is 0 Å². The first kappa shape index (κ1) is 22.9. The van der Waals surface area contributed by atoms with Crippen LogP contribution in [0.1, 0.15) is 30.5 Å². The number of ether oxygens (including phenoxy) is 2. The first-order valence-corrected chi connectivity index (χ1v) is 10.2. The van der Waals surface area contributed by atoms with Crippen LogP contribution >= 0.6 is 15.9 Å². The summed E-state index contributed by atoms with van der Waals surface area (Å²) in [6.07, 6.45) is -0.657. The highest BCUT2D eigenvalue weighted by atomic mass is 79.9. The van der Waals surface area contributed by atoms with Crippen LogP contribution < -0.4 is 5.32 Å². The monoisotopic (exact) mass is 463 g/mol. The Morgan fingerprint density at radius 3 is 2.41 bits per heavy atom. The van der Waals surface area contributed by atoms with Crippen LogP contribution in [0.4, 0.5) is 4.79 Å². The van der Waals surface area contributed by atoms with Gasteiger partial charge in [0.2, 0.25) is 0 Å². The van der Waals surface area contributed by atoms with E-state index in [0.717, 1.165) is 21.2 Å². The number of hydrogen-bond donors (Lipinski definition) is 2. The van der Waals surface area contributed by atoms with Gasteiger partial charge in [0.05, 0.1) is 12.7 Å². The van der Waals surface area contributed by atoms with Gasteiger partial charge in [-0.3, -0.25) is 0 Å². The van der Waals surface area contributed by atoms with Crippen LogP contribution in [-0.2, 0) is 33.7 Å². The van der Waals surface area contributed by atoms with Crippen LogP contribution in [0.25, 0.3) is 0 Å². The maximum Gasteiger partial charge on any atom is 0.407 e. The van der Waals surface area contributed by atoms with Gasteiger partial charge in [-0.25, -0.2) is 9.59 Å². The molecular formula is C22H26BrNO5. The lowest BCUT2D eigenvalue weighted by molar-refractivity contribution is -0.153. The van der Waals surface area contributed by atoms with Crippen LogP contribution in [-0.4, -0.2) is 36.0 Å². The molecule has 6 nitrogen and oxygen atoms in total. The minimum Gasteiger partial charge on any atom is -0.479 e. The molecule has 1 unspecified atom stereocenters. The lowest BCUT2D eigenvalue weighted by Crippen LogP contribution is -2.29. The molecule has 2 aromatic rings. The molecule has 0 saturated heterocycles. The number of carbonyl (C=O) groups is 2. The van der Waals surface area contributed by atoms with E-state index in [1.165, 1.54) is 0 Å². The van der Waals surface area contributed by atoms with E-state index < -0.39 is 18.2 Å². The van der Waals surface area contributed by atoms with Gasteiger partial charge in [0.1, 0.15) is 0 Å². The summed E-state index contributed by atoms with van der Waals surface area (Å²) in [4.78, 5) is 23.3. The summed E-state index contributed by atoms with van der Waals surface area (Å²) in [5, 5.41) is 12.0. The third-order valence-electron chi connectivity index (χ3n) is 4.10. The molecule has 1 atom stereocenters. The molecule has 0 heterocycles. The zero-order valence-corrected chi connectivity index (χ0v) is 18.1. The van der Waals surface area contributed by atoms with E-state index in [1.807, 2.05) is 48.5 Å². The SMILES string of the molecule is CC(C)OC(Cc1cccc(CNC(=O)OCCc2ccc(Br)cc2)c1)C(=O)O. The second-order valence-electron chi connectivity index (χ2n) is 6.90. The Labute approximate surface area is 179 Å². The maximum absolute atomic E-state index is 11.9. The molecule has 2 rings (SSSR count). The molecule has 29 heavy (non-hydrogen) atoms. The third-order valence-corrected chi connectivity index (χ3v) is 4.63. The summed E-state index contributed by atoms with van der Waals surface area (Å²) in [5.41, 5.74) is 2.78. The second kappa shape index (κ2) is 11.6. The Bertz CT molecular complexity index is 807. The number of rotatable bonds is 10. The van der Waals surface area contributed by atoms with Crippen molar-refractivity contribution in [2.24, 2.45) is 0 Å². The fourth-order valence-electron chi connectivity index (χ4n) is 2.74. The highest BCUT2D eigenvalue weighted by Gasteiger charge is 2.20. The largest absolute Gasteiger partial charge is 0.479 e. The average molecular weight is 464 g/mol. The minimum absolute atomic E-state index is 0.173. The smallest absolute Gasteiger partial charge is 0.407 e. The van der Waals surface area contributed by atoms with Gasteiger partial charge in [0, 0.05) is 23.9 Å². The summed E-state index contributed by atoms with van der Waals surface area (Å²) in [6.45, 7) is 4.20. The number of carboxylic acid groups (broad SMARTS) is 1. The van der Waals surface area contributed by atoms with E-state index in [0.29, 0.717) is 19.6 Å². The first-order chi connectivity index (χ1) is 13.8. The molecule has 2 aromatic carbocycles. The van der Waals surface area contributed by atoms with Crippen molar-refractivity contribution in [2.45, 2.75) is 45.4 Å². The number of amides is 1. The zero-order chi connectivity index (χ0) is 21.2. The van der Waals surface area contributed by atoms with Gasteiger partial charge in [-0.2, -0.15) is 0 Å². The quantitative estimate of drug-likeness (QED) is 0.547. The molecular weight excluding hydrogens is 438 g/mol. The Balaban J connectivity index is 1.79. The molecule has 0 radical (unpaired) electrons. The third kappa shape index (κ3) is 8.66. The van der Waals surface area contributed by atoms with Gasteiger partial charge < -0.3 is 19.9 Å². The van der Waals surface area contributed by atoms with E-state index in [4.69, 9.17) is 9.47 Å². The normalized spacial score (nSPS) is 11.9. The molecule has 0 aliphatic heterocycles. The molecule has 0 aliphatic carbocycles. The van der Waals surface area contributed by atoms with E-state index in [9.17, 15) is 14.7 Å². The minimum atomic E-state index is -0.989. The van der Waals surface area contributed by atoms with Crippen molar-refractivity contribution in [3.63, 3.8) is 0 Å². The fraction of sp³-hybridized carbons (Fsp3) is 0.364. The Morgan fingerprint density at radius 1 is 1.07 bits per heavy atom. The maximum atomic E-state index is 11.9. The van der Waals surface area contributed by atoms with Crippen LogP contribution in [0, 0.1) is 0 Å². The molecule has 0 aromatic heterocycles. The Kier molecular flexibility index (Phi) is 9.15. The van der Waals surface area contributed by atoms with Gasteiger partial charge in [-0.15, -0.1) is 0 Å². The fourth-order valence-corrected chi connectivity index (χ4v) is 3.01. The number of halogens is 1. The Hall–Kier alpha value is -2.38. The van der Waals surface area contributed by atoms with E-state index in [2.05, 4.69) is 21.2 Å². The Morgan fingerprint density at radius 2 is 1.76 bits per heavy atom. The molecule has 0 fully saturated rings. The molecule has 0 saturated carbocycles. The summed E-state index contributed by atoms with van der Waals surface area (Å²) in [5.74, 6) is -0.989. The number of hydrogen-bond acceptors (Lipinski definition) is 4. The molecule has 0 bridgehead atoms. The van der Waals surface area contributed by atoms with E-state index in [1.54, 1.807) is 13.8 Å². The van der Waals surface area contributed by atoms with Crippen LogP contribution in [0.15, 0.2) is 53.0 Å². The van der Waals surface area contributed by atoms with Crippen molar-refractivity contribution in [3.05, 3.63) is 69.7 Å². The van der Waals surface area contributed by atoms with Gasteiger partial charge in [0.15, 0.2) is 6.10 Å². The van der Waals surface area contributed by atoms with Crippen molar-refractivity contribution in [1.82, 2.24) is 5.32 Å². The lowest BCUT2D eigenvalue weighted by atomic mass is 10.0. The van der Waals surface area contributed by atoms with E-state index in [-0.39, 0.29) is 12.5 Å². The number of nitrogens with one attached hydrogen (secondary N) is 1. The summed E-state index contributed by atoms with van der Waals surface area (Å²) in [6, 6.07) is 15.3. The highest BCUT2D eigenvalue weighted by molar-refractivity contribution is 9.10. The topological polar surface area (TPSA) is 84.9 Å². The van der Waals surface area contributed by atoms with Crippen molar-refractivity contribution >= 4 is 28.0 Å². The summed E-state index contributed by atoms with van der Waals surface area (Å²) >= 11 is 3.38. The lowest BCUT2D eigenvalue weighted by Gasteiger charge is -2.17. The van der Waals surface area contributed by atoms with Crippen LogP contribution in [0.5, 0.6) is 0 Å². The first-order valence-electron chi connectivity index (χ1n) is 9.44. The zero-order valence-electron chi connectivity index (χ0n) is 16.6. The van der Waals surface area contributed by atoms with Gasteiger partial charge in [-0.05, 0) is 42.7 Å². The van der Waals surface area contributed by atoms with Crippen molar-refractivity contribution in [2.75, 3.05) is 6.61 Å². The number of alkyl carbamates (subject to hydrolysis) is 1. The van der Waals surface area contributed by atoms with Gasteiger partial charge in [-0.1, -0.05) is 52.3 Å². The van der Waals surface area contributed by atoms with Crippen LogP contribution in [0.2, 0.25) is 0 Å². The number of carboxylic acids is 1. The van der Waals surface area contributed by atoms with Crippen molar-refractivity contribution in [3.8, 4) is 0 Å². The molecule has 0 spiro atoms. The van der Waals surface area contributed by atoms with Crippen molar-refractivity contribution in [1.29, 1.82) is 0 Å². The predicted molar refractivity (Wildman–Crippen MR) is 114 cm³/mol. The average Bonchev–Trinajstić information content (AvgIpc) is 2.67. The number of carbonyl (C=O) groups excluding carboxylic acids is 1. The van der Waals surface area contributed by atoms with Gasteiger partial charge >= 0.3 is 12.1 Å². The van der Waals surface area contributed by atoms with E-state index >= 15 is 0 Å². The second-order valence-corrected chi connectivity index (χ2v) is 7.82. The summed E-state index contributed by atoms with van der Waals surface area (Å²) < 4.78 is 11.7. The molecule has 0 aliphatic rings. The number of benzene rings is 2. The highest BCUT2D eigenvalue weighted by Crippen LogP contribution is 2.12. The molecule has 1 amide bonds. The summed E-state index contributed by atoms with van der Waals surface area (Å²) in [7, 11) is 0. The predicted octanol–water partition coefficient (Wildman–Crippen LogP) is 4.34.